The third-order valence-electron chi connectivity index (χ3n) is 28.3. The van der Waals surface area contributed by atoms with Gasteiger partial charge in [-0.15, -0.1) is 0 Å². The number of para-hydroxylation sites is 6. The second kappa shape index (κ2) is 28.2. The average Bonchev–Trinajstić information content (AvgIpc) is 0.832. The van der Waals surface area contributed by atoms with E-state index in [0.29, 0.717) is 33.5 Å². The molecule has 0 aliphatic carbocycles. The fraction of sp³-hybridized carbons (Fsp3) is 0.262. The molecule has 646 valence electrons. The van der Waals surface area contributed by atoms with Crippen LogP contribution in [0.3, 0.4) is 0 Å². The van der Waals surface area contributed by atoms with Crippen molar-refractivity contribution in [2.45, 2.75) is 209 Å². The number of hydrogen-bond acceptors (Lipinski definition) is 4. The van der Waals surface area contributed by atoms with Gasteiger partial charge in [-0.2, -0.15) is 0 Å². The van der Waals surface area contributed by atoms with Crippen LogP contribution in [0.15, 0.2) is 288 Å². The molecule has 15 aromatic carbocycles. The molecule has 22 rings (SSSR count). The first-order valence-electron chi connectivity index (χ1n) is 50.3. The Morgan fingerprint density at radius 2 is 0.554 bits per heavy atom. The molecule has 130 heavy (non-hydrogen) atoms. The Kier molecular flexibility index (Phi) is 16.0. The highest BCUT2D eigenvalue weighted by Crippen LogP contribution is 2.54. The summed E-state index contributed by atoms with van der Waals surface area (Å²) in [6.45, 7) is 54.8. The van der Waals surface area contributed by atoms with Gasteiger partial charge in [-0.05, 0) is 242 Å². The fourth-order valence-electron chi connectivity index (χ4n) is 20.7. The lowest BCUT2D eigenvalue weighted by Crippen LogP contribution is -2.61. The molecule has 0 saturated carbocycles. The molecule has 0 unspecified atom stereocenters. The molecule has 7 nitrogen and oxygen atoms in total. The molecule has 2 aliphatic rings. The van der Waals surface area contributed by atoms with Crippen molar-refractivity contribution >= 4 is 167 Å². The van der Waals surface area contributed by atoms with E-state index in [9.17, 15) is 8.22 Å². The van der Waals surface area contributed by atoms with Crippen molar-refractivity contribution in [3.05, 3.63) is 323 Å². The molecule has 5 aromatic heterocycles. The van der Waals surface area contributed by atoms with E-state index in [4.69, 9.17) is 11.6 Å². The van der Waals surface area contributed by atoms with Crippen LogP contribution in [0, 0.1) is 0 Å². The lowest BCUT2D eigenvalue weighted by Gasteiger charge is -2.44. The number of furan rings is 2. The number of hydrogen-bond donors (Lipinski definition) is 0. The number of benzene rings is 15. The predicted octanol–water partition coefficient (Wildman–Crippen LogP) is 32.6. The summed E-state index contributed by atoms with van der Waals surface area (Å²) in [6.07, 6.45) is 0. The molecule has 0 amide bonds. The Morgan fingerprint density at radius 3 is 0.938 bits per heavy atom. The Labute approximate surface area is 777 Å². The lowest BCUT2D eigenvalue weighted by atomic mass is 9.33. The summed E-state index contributed by atoms with van der Waals surface area (Å²) in [5.41, 5.74) is 30.0. The van der Waals surface area contributed by atoms with Crippen molar-refractivity contribution in [3.63, 3.8) is 0 Å². The van der Waals surface area contributed by atoms with Gasteiger partial charge in [0.2, 0.25) is 0 Å². The standard InChI is InChI=1S/C122H118BN5O2/c1-115(2,3)75-46-53-98-90(66-75)91-67-76(116(4,5)6)47-54-99(91)124(98)83-50-51-94-107(70-83)128(106-44-32-38-89-87-36-30-42-104(112(87)130-114(89)106)126-100-55-48-77(117(7,8)9)68-92(100)93-69-78(118(10,11)12)49-56-101(93)126)109-63-74(73-59-81(121(19,20)21)65-82(60-73)122(22,23)24)62-108-110(109)123(94)95-61-71(72-57-79(119(13,14)15)64-80(58-72)120(16,17)18)45-52-102(95)127(108)105-43-31-37-88-86-35-29-41-103(111(86)129-113(88)105)125-96-39-27-25-33-84(96)85-34-26-28-40-97(85)125/h25-70H,1-24H3/i25D,26D,27D,28D,33D,34D,39D,40D. The minimum absolute atomic E-state index is 0.00184. The molecular formula is C122H118BN5O2. The normalized spacial score (nSPS) is 14.7. The van der Waals surface area contributed by atoms with Gasteiger partial charge in [0.1, 0.15) is 0 Å². The summed E-state index contributed by atoms with van der Waals surface area (Å²) in [4.78, 5) is 4.98. The van der Waals surface area contributed by atoms with Crippen molar-refractivity contribution in [3.8, 4) is 39.3 Å². The second-order valence-corrected chi connectivity index (χ2v) is 45.3. The molecule has 2 aliphatic heterocycles. The maximum absolute atomic E-state index is 9.76. The molecule has 0 spiro atoms. The summed E-state index contributed by atoms with van der Waals surface area (Å²) >= 11 is 0. The molecule has 0 radical (unpaired) electrons. The summed E-state index contributed by atoms with van der Waals surface area (Å²) in [6, 6.07) is 83.7. The third-order valence-corrected chi connectivity index (χ3v) is 28.3. The van der Waals surface area contributed by atoms with Gasteiger partial charge in [-0.25, -0.2) is 0 Å². The number of fused-ring (bicyclic) bond motifs is 19. The van der Waals surface area contributed by atoms with Crippen molar-refractivity contribution in [1.82, 2.24) is 13.7 Å². The molecule has 20 aromatic rings. The maximum atomic E-state index is 9.76. The second-order valence-electron chi connectivity index (χ2n) is 45.3. The number of anilines is 6. The zero-order chi connectivity index (χ0) is 97.8. The highest BCUT2D eigenvalue weighted by Gasteiger charge is 2.46. The molecule has 7 heterocycles. The Bertz CT molecular complexity index is 8450. The topological polar surface area (TPSA) is 47.6 Å². The van der Waals surface area contributed by atoms with Crippen LogP contribution in [0.25, 0.3) is 149 Å². The number of nitrogens with zero attached hydrogens (tertiary/aromatic N) is 5. The van der Waals surface area contributed by atoms with Crippen LogP contribution >= 0.6 is 0 Å². The van der Waals surface area contributed by atoms with Crippen LogP contribution in [0.5, 0.6) is 0 Å². The largest absolute Gasteiger partial charge is 0.452 e. The summed E-state index contributed by atoms with van der Waals surface area (Å²) in [5.74, 6) is 0. The van der Waals surface area contributed by atoms with Crippen molar-refractivity contribution in [2.75, 3.05) is 9.80 Å². The highest BCUT2D eigenvalue weighted by atomic mass is 16.3. The van der Waals surface area contributed by atoms with Gasteiger partial charge in [-0.1, -0.05) is 330 Å². The van der Waals surface area contributed by atoms with Gasteiger partial charge in [0, 0.05) is 82.3 Å². The number of rotatable bonds is 7. The van der Waals surface area contributed by atoms with Gasteiger partial charge in [0.15, 0.2) is 22.3 Å². The summed E-state index contributed by atoms with van der Waals surface area (Å²) in [7, 11) is 0. The van der Waals surface area contributed by atoms with Crippen LogP contribution in [0.2, 0.25) is 0 Å². The molecule has 0 bridgehead atoms. The van der Waals surface area contributed by atoms with Crippen LogP contribution < -0.4 is 26.2 Å². The predicted molar refractivity (Wildman–Crippen MR) is 559 cm³/mol. The van der Waals surface area contributed by atoms with E-state index < -0.39 is 55.1 Å². The first-order valence-corrected chi connectivity index (χ1v) is 46.3. The van der Waals surface area contributed by atoms with Gasteiger partial charge in [-0.3, -0.25) is 0 Å². The Balaban J connectivity index is 0.894. The average molecular weight is 1710 g/mol. The zero-order valence-electron chi connectivity index (χ0n) is 87.6. The fourth-order valence-corrected chi connectivity index (χ4v) is 20.7. The Hall–Kier alpha value is -13.0. The van der Waals surface area contributed by atoms with Gasteiger partial charge >= 0.3 is 0 Å². The lowest BCUT2D eigenvalue weighted by molar-refractivity contribution is 0.568. The van der Waals surface area contributed by atoms with Crippen LogP contribution in [0.4, 0.5) is 34.1 Å². The number of aromatic nitrogens is 3. The van der Waals surface area contributed by atoms with Gasteiger partial charge in [0.05, 0.1) is 66.8 Å². The summed E-state index contributed by atoms with van der Waals surface area (Å²) in [5, 5.41) is 8.07. The molecule has 8 heteroatoms. The van der Waals surface area contributed by atoms with Crippen molar-refractivity contribution in [1.29, 1.82) is 0 Å². The maximum Gasteiger partial charge on any atom is 0.252 e. The van der Waals surface area contributed by atoms with E-state index in [1.165, 1.54) is 66.1 Å². The van der Waals surface area contributed by atoms with E-state index in [0.717, 1.165) is 122 Å². The van der Waals surface area contributed by atoms with E-state index in [1.807, 2.05) is 18.2 Å². The SMILES string of the molecule is [2H]c1c([2H])c([2H])c2c(c1[2H])c1c([2H])c([2H])c([2H])c([2H])c1n2-c1cccc2c1oc1c(N3c4ccc(-c5cc(C(C)(C)C)cc(C(C)(C)C)c5)cc4B4c5ccc(-n6c7ccc(C(C)(C)C)cc7c7cc(C(C)(C)C)ccc76)cc5N(c5cccc6c5oc5c(-n7c8ccc(C(C)(C)C)cc8c8cc(C(C)(C)C)ccc87)cccc56)c5cc(-c6cc(C(C)(C)C)cc(C(C)(C)C)c6)cc3c54)cccc12. The van der Waals surface area contributed by atoms with Crippen LogP contribution in [0.1, 0.15) is 222 Å². The third kappa shape index (κ3) is 13.0. The molecule has 0 saturated heterocycles. The Morgan fingerprint density at radius 1 is 0.223 bits per heavy atom. The molecule has 0 fully saturated rings. The molecule has 0 N–H and O–H groups in total. The quantitative estimate of drug-likeness (QED) is 0.149. The minimum atomic E-state index is -0.515. The van der Waals surface area contributed by atoms with Crippen molar-refractivity contribution < 1.29 is 19.8 Å². The first-order chi connectivity index (χ1) is 64.8. The molecule has 0 atom stereocenters. The monoisotopic (exact) mass is 1700 g/mol. The smallest absolute Gasteiger partial charge is 0.252 e. The van der Waals surface area contributed by atoms with Gasteiger partial charge < -0.3 is 32.3 Å². The zero-order valence-corrected chi connectivity index (χ0v) is 79.6. The minimum Gasteiger partial charge on any atom is -0.452 e. The van der Waals surface area contributed by atoms with E-state index >= 15 is 0 Å². The van der Waals surface area contributed by atoms with E-state index in [2.05, 4.69) is 397 Å². The molecular weight excluding hydrogens is 1580 g/mol. The summed E-state index contributed by atoms with van der Waals surface area (Å²) < 4.78 is 97.5. The van der Waals surface area contributed by atoms with Crippen molar-refractivity contribution in [2.24, 2.45) is 0 Å². The highest BCUT2D eigenvalue weighted by molar-refractivity contribution is 7.00. The van der Waals surface area contributed by atoms with Gasteiger partial charge in [0.25, 0.3) is 6.71 Å². The van der Waals surface area contributed by atoms with E-state index in [1.54, 1.807) is 4.57 Å². The first kappa shape index (κ1) is 73.8. The van der Waals surface area contributed by atoms with E-state index in [-0.39, 0.29) is 65.1 Å². The van der Waals surface area contributed by atoms with Crippen LogP contribution in [-0.2, 0) is 43.3 Å². The van der Waals surface area contributed by atoms with Crippen LogP contribution in [-0.4, -0.2) is 20.4 Å².